The molecular formula is C52H61ClN4O8. The summed E-state index contributed by atoms with van der Waals surface area (Å²) >= 11 is 5.50. The highest BCUT2D eigenvalue weighted by atomic mass is 35.5. The largest absolute Gasteiger partial charge is 0.493 e. The number of nitrogens with one attached hydrogen (secondary N) is 1. The van der Waals surface area contributed by atoms with Crippen molar-refractivity contribution < 1.29 is 38.0 Å². The number of nitrogens with two attached hydrogens (primary N) is 1. The second-order valence-corrected chi connectivity index (χ2v) is 15.3. The van der Waals surface area contributed by atoms with E-state index in [9.17, 15) is 9.59 Å². The van der Waals surface area contributed by atoms with Gasteiger partial charge in [-0.05, 0) is 86.3 Å². The number of amides is 1. The van der Waals surface area contributed by atoms with Gasteiger partial charge >= 0.3 is 0 Å². The lowest BCUT2D eigenvalue weighted by molar-refractivity contribution is 0.0940. The summed E-state index contributed by atoms with van der Waals surface area (Å²) < 4.78 is 33.3. The molecule has 3 N–H and O–H groups in total. The minimum atomic E-state index is -0.582. The van der Waals surface area contributed by atoms with Crippen molar-refractivity contribution in [3.63, 3.8) is 0 Å². The van der Waals surface area contributed by atoms with Crippen LogP contribution in [0.4, 0.5) is 0 Å². The predicted molar refractivity (Wildman–Crippen MR) is 258 cm³/mol. The maximum absolute atomic E-state index is 12.9. The Kier molecular flexibility index (Phi) is 21.1. The minimum Gasteiger partial charge on any atom is -0.493 e. The molecule has 0 radical (unpaired) electrons. The summed E-state index contributed by atoms with van der Waals surface area (Å²) in [6, 6.07) is 46.7. The second kappa shape index (κ2) is 26.9. The zero-order valence-corrected chi connectivity index (χ0v) is 39.2. The SMILES string of the molecule is CN(C)C(CN)c1ccccc1.COc1cc(C(=O)Cl)cc(OC)c1OCc1ccccc1.COc1cc(C(=O)NCC(c2ccccc2)N(C)C)cc(OC)c1OCc1ccccc1. The zero-order chi connectivity index (χ0) is 47.1. The van der Waals surface area contributed by atoms with E-state index in [1.807, 2.05) is 125 Å². The number of rotatable bonds is 19. The maximum Gasteiger partial charge on any atom is 0.252 e. The van der Waals surface area contributed by atoms with Crippen molar-refractivity contribution in [2.75, 3.05) is 69.7 Å². The van der Waals surface area contributed by atoms with Gasteiger partial charge in [-0.2, -0.15) is 0 Å². The van der Waals surface area contributed by atoms with Gasteiger partial charge in [-0.15, -0.1) is 0 Å². The Morgan fingerprint density at radius 3 is 1.20 bits per heavy atom. The lowest BCUT2D eigenvalue weighted by atomic mass is 10.1. The van der Waals surface area contributed by atoms with Crippen molar-refractivity contribution >= 4 is 22.8 Å². The summed E-state index contributed by atoms with van der Waals surface area (Å²) in [5, 5.41) is 2.44. The summed E-state index contributed by atoms with van der Waals surface area (Å²) in [5.41, 5.74) is 10.8. The molecule has 0 aliphatic heterocycles. The number of carbonyl (C=O) groups excluding carboxylic acids is 2. The quantitative estimate of drug-likeness (QED) is 0.0754. The number of benzene rings is 6. The normalized spacial score (nSPS) is 11.4. The molecular weight excluding hydrogens is 844 g/mol. The van der Waals surface area contributed by atoms with Crippen molar-refractivity contribution in [1.29, 1.82) is 0 Å². The van der Waals surface area contributed by atoms with Gasteiger partial charge in [-0.3, -0.25) is 9.59 Å². The van der Waals surface area contributed by atoms with E-state index < -0.39 is 5.24 Å². The fourth-order valence-electron chi connectivity index (χ4n) is 6.63. The predicted octanol–water partition coefficient (Wildman–Crippen LogP) is 9.23. The van der Waals surface area contributed by atoms with Crippen LogP contribution < -0.4 is 39.5 Å². The summed E-state index contributed by atoms with van der Waals surface area (Å²) in [4.78, 5) is 28.4. The Morgan fingerprint density at radius 2 is 0.877 bits per heavy atom. The van der Waals surface area contributed by atoms with E-state index in [-0.39, 0.29) is 17.5 Å². The molecule has 6 aromatic rings. The molecule has 0 spiro atoms. The first kappa shape index (κ1) is 51.1. The van der Waals surface area contributed by atoms with Crippen LogP contribution in [-0.4, -0.2) is 90.7 Å². The Balaban J connectivity index is 0.000000239. The molecule has 0 saturated carbocycles. The van der Waals surface area contributed by atoms with Crippen LogP contribution in [-0.2, 0) is 13.2 Å². The number of halogens is 1. The fraction of sp³-hybridized carbons (Fsp3) is 0.269. The molecule has 0 fully saturated rings. The van der Waals surface area contributed by atoms with Gasteiger partial charge in [0, 0.05) is 30.3 Å². The average Bonchev–Trinajstić information content (AvgIpc) is 3.33. The van der Waals surface area contributed by atoms with Crippen LogP contribution in [0, 0.1) is 0 Å². The maximum atomic E-state index is 12.9. The van der Waals surface area contributed by atoms with Crippen molar-refractivity contribution in [3.8, 4) is 34.5 Å². The minimum absolute atomic E-state index is 0.0532. The monoisotopic (exact) mass is 904 g/mol. The number of likely N-dealkylation sites (N-methyl/N-ethyl adjacent to an activating group) is 2. The smallest absolute Gasteiger partial charge is 0.252 e. The lowest BCUT2D eigenvalue weighted by Gasteiger charge is -2.25. The Hall–Kier alpha value is -6.57. The highest BCUT2D eigenvalue weighted by Crippen LogP contribution is 2.40. The molecule has 0 saturated heterocycles. The van der Waals surface area contributed by atoms with Gasteiger partial charge in [0.15, 0.2) is 23.0 Å². The van der Waals surface area contributed by atoms with E-state index in [2.05, 4.69) is 39.4 Å². The summed E-state index contributed by atoms with van der Waals surface area (Å²) in [7, 11) is 14.2. The molecule has 0 heterocycles. The van der Waals surface area contributed by atoms with Gasteiger partial charge in [0.05, 0.1) is 34.5 Å². The lowest BCUT2D eigenvalue weighted by Crippen LogP contribution is -2.34. The molecule has 344 valence electrons. The summed E-state index contributed by atoms with van der Waals surface area (Å²) in [6.45, 7) is 1.85. The third-order valence-electron chi connectivity index (χ3n) is 10.2. The number of methoxy groups -OCH3 is 4. The molecule has 6 rings (SSSR count). The van der Waals surface area contributed by atoms with Crippen LogP contribution in [0.1, 0.15) is 55.1 Å². The van der Waals surface area contributed by atoms with E-state index in [4.69, 9.17) is 45.8 Å². The second-order valence-electron chi connectivity index (χ2n) is 15.0. The highest BCUT2D eigenvalue weighted by molar-refractivity contribution is 6.67. The van der Waals surface area contributed by atoms with E-state index in [0.717, 1.165) is 16.7 Å². The van der Waals surface area contributed by atoms with Crippen molar-refractivity contribution in [2.45, 2.75) is 25.3 Å². The van der Waals surface area contributed by atoms with Crippen LogP contribution in [0.15, 0.2) is 146 Å². The van der Waals surface area contributed by atoms with Crippen LogP contribution in [0.25, 0.3) is 0 Å². The molecule has 0 aromatic heterocycles. The molecule has 12 nitrogen and oxygen atoms in total. The molecule has 0 bridgehead atoms. The molecule has 65 heavy (non-hydrogen) atoms. The highest BCUT2D eigenvalue weighted by Gasteiger charge is 2.21. The fourth-order valence-corrected chi connectivity index (χ4v) is 6.74. The number of ether oxygens (including phenoxy) is 6. The van der Waals surface area contributed by atoms with E-state index >= 15 is 0 Å². The number of hydrogen-bond acceptors (Lipinski definition) is 11. The Labute approximate surface area is 388 Å². The molecule has 0 aliphatic rings. The van der Waals surface area contributed by atoms with Gasteiger partial charge in [0.2, 0.25) is 11.5 Å². The third kappa shape index (κ3) is 15.6. The first-order valence-corrected chi connectivity index (χ1v) is 21.3. The topological polar surface area (TPSA) is 134 Å². The molecule has 1 amide bonds. The molecule has 2 unspecified atom stereocenters. The van der Waals surface area contributed by atoms with Crippen LogP contribution >= 0.6 is 11.6 Å². The molecule has 13 heteroatoms. The summed E-state index contributed by atoms with van der Waals surface area (Å²) in [6.07, 6.45) is 0. The molecule has 6 aromatic carbocycles. The van der Waals surface area contributed by atoms with Gasteiger partial charge in [0.25, 0.3) is 11.1 Å². The van der Waals surface area contributed by atoms with Gasteiger partial charge in [-0.25, -0.2) is 0 Å². The number of carbonyl (C=O) groups is 2. The first-order valence-electron chi connectivity index (χ1n) is 20.9. The van der Waals surface area contributed by atoms with Gasteiger partial charge < -0.3 is 49.3 Å². The van der Waals surface area contributed by atoms with E-state index in [1.54, 1.807) is 26.4 Å². The van der Waals surface area contributed by atoms with Gasteiger partial charge in [0.1, 0.15) is 13.2 Å². The van der Waals surface area contributed by atoms with Crippen LogP contribution in [0.2, 0.25) is 0 Å². The van der Waals surface area contributed by atoms with E-state index in [1.165, 1.54) is 31.9 Å². The molecule has 0 aliphatic carbocycles. The molecule has 2 atom stereocenters. The number of nitrogens with zero attached hydrogens (tertiary/aromatic N) is 2. The van der Waals surface area contributed by atoms with Crippen LogP contribution in [0.3, 0.4) is 0 Å². The summed E-state index contributed by atoms with van der Waals surface area (Å²) in [5.74, 6) is 2.37. The van der Waals surface area contributed by atoms with Crippen molar-refractivity contribution in [3.05, 3.63) is 179 Å². The Bertz CT molecular complexity index is 2290. The zero-order valence-electron chi connectivity index (χ0n) is 38.5. The van der Waals surface area contributed by atoms with Gasteiger partial charge in [-0.1, -0.05) is 121 Å². The average molecular weight is 906 g/mol. The number of hydrogen-bond donors (Lipinski definition) is 2. The van der Waals surface area contributed by atoms with E-state index in [0.29, 0.717) is 72.4 Å². The van der Waals surface area contributed by atoms with Crippen molar-refractivity contribution in [2.24, 2.45) is 5.73 Å². The van der Waals surface area contributed by atoms with Crippen molar-refractivity contribution in [1.82, 2.24) is 15.1 Å². The first-order chi connectivity index (χ1) is 31.4. The Morgan fingerprint density at radius 1 is 0.538 bits per heavy atom. The van der Waals surface area contributed by atoms with Crippen LogP contribution in [0.5, 0.6) is 34.5 Å². The third-order valence-corrected chi connectivity index (χ3v) is 10.4. The standard InChI is InChI=1S/C26H30N2O4.C16H15ClO4.C10H16N2/c1-28(2)22(20-13-9-6-10-14-20)17-27-26(29)21-15-23(30-3)25(24(16-21)31-4)32-18-19-11-7-5-8-12-19;1-19-13-8-12(16(17)18)9-14(20-2)15(13)21-10-11-6-4-3-5-7-11;1-12(2)10(8-11)9-6-4-3-5-7-9/h5-16,22H,17-18H2,1-4H3,(H,27,29);3-9H,10H2,1-2H3;3-7,10H,8,11H2,1-2H3.